The Morgan fingerprint density at radius 2 is 1.62 bits per heavy atom. The molecule has 0 aromatic carbocycles. The molecule has 6 heteroatoms. The number of hydrogen-bond donors (Lipinski definition) is 0. The number of anilines is 1. The van der Waals surface area contributed by atoms with E-state index in [1.165, 1.54) is 32.1 Å². The van der Waals surface area contributed by atoms with Crippen molar-refractivity contribution in [3.8, 4) is 0 Å². The third kappa shape index (κ3) is 5.16. The summed E-state index contributed by atoms with van der Waals surface area (Å²) in [6.07, 6.45) is 9.09. The molecule has 2 aliphatic heterocycles. The first kappa shape index (κ1) is 19.1. The van der Waals surface area contributed by atoms with E-state index in [4.69, 9.17) is 0 Å². The SMILES string of the molecule is Cc1cnc(C)c(N2CCN(C(=O)CCN3CCCCCCC3)CC2)n1. The Morgan fingerprint density at radius 3 is 2.31 bits per heavy atom. The fraction of sp³-hybridized carbons (Fsp3) is 0.750. The number of carbonyl (C=O) groups excluding carboxylic acids is 1. The predicted octanol–water partition coefficient (Wildman–Crippen LogP) is 2.40. The van der Waals surface area contributed by atoms with Crippen LogP contribution in [-0.2, 0) is 4.79 Å². The van der Waals surface area contributed by atoms with Crippen molar-refractivity contribution in [2.45, 2.75) is 52.4 Å². The maximum atomic E-state index is 12.6. The molecule has 1 aromatic heterocycles. The standard InChI is InChI=1S/C20H33N5O/c1-17-16-21-18(2)20(22-17)25-14-12-24(13-15-25)19(26)8-11-23-9-6-4-3-5-7-10-23/h16H,3-15H2,1-2H3. The monoisotopic (exact) mass is 359 g/mol. The van der Waals surface area contributed by atoms with E-state index in [1.54, 1.807) is 0 Å². The molecule has 26 heavy (non-hydrogen) atoms. The van der Waals surface area contributed by atoms with Gasteiger partial charge in [-0.3, -0.25) is 9.78 Å². The van der Waals surface area contributed by atoms with Gasteiger partial charge in [0.25, 0.3) is 0 Å². The van der Waals surface area contributed by atoms with Gasteiger partial charge in [-0.1, -0.05) is 19.3 Å². The Kier molecular flexibility index (Phi) is 6.83. The highest BCUT2D eigenvalue weighted by molar-refractivity contribution is 5.76. The molecule has 0 aliphatic carbocycles. The first-order valence-corrected chi connectivity index (χ1v) is 10.2. The van der Waals surface area contributed by atoms with Crippen molar-refractivity contribution in [1.82, 2.24) is 19.8 Å². The van der Waals surface area contributed by atoms with Crippen LogP contribution in [-0.4, -0.2) is 71.5 Å². The highest BCUT2D eigenvalue weighted by atomic mass is 16.2. The summed E-state index contributed by atoms with van der Waals surface area (Å²) in [5, 5.41) is 0. The van der Waals surface area contributed by atoms with E-state index in [9.17, 15) is 4.79 Å². The first-order chi connectivity index (χ1) is 12.6. The molecule has 1 aromatic rings. The molecule has 2 saturated heterocycles. The first-order valence-electron chi connectivity index (χ1n) is 10.2. The smallest absolute Gasteiger partial charge is 0.223 e. The van der Waals surface area contributed by atoms with Crippen LogP contribution in [0.4, 0.5) is 5.82 Å². The van der Waals surface area contributed by atoms with Gasteiger partial charge in [-0.2, -0.15) is 0 Å². The molecule has 3 heterocycles. The van der Waals surface area contributed by atoms with E-state index < -0.39 is 0 Å². The molecule has 0 unspecified atom stereocenters. The van der Waals surface area contributed by atoms with Gasteiger partial charge in [0.15, 0.2) is 0 Å². The minimum atomic E-state index is 0.304. The number of carbonyl (C=O) groups is 1. The van der Waals surface area contributed by atoms with Crippen molar-refractivity contribution in [2.75, 3.05) is 50.7 Å². The van der Waals surface area contributed by atoms with E-state index >= 15 is 0 Å². The van der Waals surface area contributed by atoms with E-state index in [1.807, 2.05) is 24.9 Å². The number of hydrogen-bond acceptors (Lipinski definition) is 5. The van der Waals surface area contributed by atoms with Crippen molar-refractivity contribution < 1.29 is 4.79 Å². The summed E-state index contributed by atoms with van der Waals surface area (Å²) < 4.78 is 0. The number of nitrogens with zero attached hydrogens (tertiary/aromatic N) is 5. The number of rotatable bonds is 4. The highest BCUT2D eigenvalue weighted by Gasteiger charge is 2.23. The average molecular weight is 360 g/mol. The third-order valence-electron chi connectivity index (χ3n) is 5.57. The zero-order chi connectivity index (χ0) is 18.4. The summed E-state index contributed by atoms with van der Waals surface area (Å²) in [5.74, 6) is 1.27. The zero-order valence-electron chi connectivity index (χ0n) is 16.4. The Hall–Kier alpha value is -1.69. The van der Waals surface area contributed by atoms with E-state index in [0.29, 0.717) is 12.3 Å². The number of amides is 1. The lowest BCUT2D eigenvalue weighted by Crippen LogP contribution is -2.49. The second kappa shape index (κ2) is 9.31. The summed E-state index contributed by atoms with van der Waals surface area (Å²) in [7, 11) is 0. The molecule has 0 saturated carbocycles. The summed E-state index contributed by atoms with van der Waals surface area (Å²) in [4.78, 5) is 28.4. The van der Waals surface area contributed by atoms with Crippen molar-refractivity contribution >= 4 is 11.7 Å². The van der Waals surface area contributed by atoms with Gasteiger partial charge < -0.3 is 14.7 Å². The number of likely N-dealkylation sites (tertiary alicyclic amines) is 1. The van der Waals surface area contributed by atoms with Crippen LogP contribution in [0.5, 0.6) is 0 Å². The Bertz CT molecular complexity index is 590. The molecule has 2 aliphatic rings. The normalized spacial score (nSPS) is 19.9. The Labute approximate surface area is 157 Å². The van der Waals surface area contributed by atoms with E-state index in [2.05, 4.69) is 19.8 Å². The van der Waals surface area contributed by atoms with Crippen LogP contribution in [0.15, 0.2) is 6.20 Å². The van der Waals surface area contributed by atoms with Crippen molar-refractivity contribution in [3.05, 3.63) is 17.6 Å². The molecule has 0 N–H and O–H groups in total. The quantitative estimate of drug-likeness (QED) is 0.826. The predicted molar refractivity (Wildman–Crippen MR) is 104 cm³/mol. The van der Waals surface area contributed by atoms with Gasteiger partial charge >= 0.3 is 0 Å². The maximum Gasteiger partial charge on any atom is 0.223 e. The van der Waals surface area contributed by atoms with Gasteiger partial charge in [0, 0.05) is 45.3 Å². The molecule has 1 amide bonds. The van der Waals surface area contributed by atoms with Gasteiger partial charge in [-0.05, 0) is 39.8 Å². The minimum Gasteiger partial charge on any atom is -0.352 e. The van der Waals surface area contributed by atoms with Crippen LogP contribution in [0.1, 0.15) is 49.9 Å². The third-order valence-corrected chi connectivity index (χ3v) is 5.57. The van der Waals surface area contributed by atoms with Crippen LogP contribution in [0.25, 0.3) is 0 Å². The summed E-state index contributed by atoms with van der Waals surface area (Å²) >= 11 is 0. The number of aryl methyl sites for hydroxylation is 2. The van der Waals surface area contributed by atoms with Crippen LogP contribution in [0.3, 0.4) is 0 Å². The second-order valence-electron chi connectivity index (χ2n) is 7.65. The largest absolute Gasteiger partial charge is 0.352 e. The molecular formula is C20H33N5O. The Balaban J connectivity index is 1.45. The van der Waals surface area contributed by atoms with Gasteiger partial charge in [-0.25, -0.2) is 4.98 Å². The van der Waals surface area contributed by atoms with Gasteiger partial charge in [-0.15, -0.1) is 0 Å². The summed E-state index contributed by atoms with van der Waals surface area (Å²) in [6.45, 7) is 10.5. The van der Waals surface area contributed by atoms with E-state index in [0.717, 1.165) is 63.0 Å². The summed E-state index contributed by atoms with van der Waals surface area (Å²) in [5.41, 5.74) is 1.91. The average Bonchev–Trinajstić information content (AvgIpc) is 2.63. The molecule has 0 bridgehead atoms. The fourth-order valence-electron chi connectivity index (χ4n) is 3.94. The van der Waals surface area contributed by atoms with Crippen LogP contribution >= 0.6 is 0 Å². The lowest BCUT2D eigenvalue weighted by atomic mass is 10.1. The highest BCUT2D eigenvalue weighted by Crippen LogP contribution is 2.18. The molecule has 6 nitrogen and oxygen atoms in total. The number of aromatic nitrogens is 2. The topological polar surface area (TPSA) is 52.6 Å². The van der Waals surface area contributed by atoms with Gasteiger partial charge in [0.1, 0.15) is 5.82 Å². The number of piperazine rings is 1. The summed E-state index contributed by atoms with van der Waals surface area (Å²) in [6, 6.07) is 0. The molecule has 0 radical (unpaired) electrons. The van der Waals surface area contributed by atoms with Gasteiger partial charge in [0.2, 0.25) is 5.91 Å². The molecule has 2 fully saturated rings. The fourth-order valence-corrected chi connectivity index (χ4v) is 3.94. The van der Waals surface area contributed by atoms with E-state index in [-0.39, 0.29) is 0 Å². The molecule has 0 spiro atoms. The Morgan fingerprint density at radius 1 is 0.962 bits per heavy atom. The molecule has 144 valence electrons. The maximum absolute atomic E-state index is 12.6. The molecule has 0 atom stereocenters. The molecular weight excluding hydrogens is 326 g/mol. The van der Waals surface area contributed by atoms with Gasteiger partial charge in [0.05, 0.1) is 11.4 Å². The van der Waals surface area contributed by atoms with Crippen molar-refractivity contribution in [3.63, 3.8) is 0 Å². The second-order valence-corrected chi connectivity index (χ2v) is 7.65. The van der Waals surface area contributed by atoms with Crippen LogP contribution < -0.4 is 4.90 Å². The lowest BCUT2D eigenvalue weighted by Gasteiger charge is -2.36. The molecule has 3 rings (SSSR count). The zero-order valence-corrected chi connectivity index (χ0v) is 16.4. The van der Waals surface area contributed by atoms with Crippen LogP contribution in [0.2, 0.25) is 0 Å². The van der Waals surface area contributed by atoms with Crippen molar-refractivity contribution in [1.29, 1.82) is 0 Å². The minimum absolute atomic E-state index is 0.304. The van der Waals surface area contributed by atoms with Crippen molar-refractivity contribution in [2.24, 2.45) is 0 Å². The lowest BCUT2D eigenvalue weighted by molar-refractivity contribution is -0.131. The van der Waals surface area contributed by atoms with Crippen LogP contribution in [0, 0.1) is 13.8 Å².